The summed E-state index contributed by atoms with van der Waals surface area (Å²) in [5.41, 5.74) is -0.147. The molecule has 1 aliphatic heterocycles. The number of alkyl halides is 3. The number of rotatable bonds is 7. The Balaban J connectivity index is 1.64. The second-order valence-corrected chi connectivity index (χ2v) is 9.78. The van der Waals surface area contributed by atoms with Crippen molar-refractivity contribution in [2.45, 2.75) is 62.4 Å². The first kappa shape index (κ1) is 24.3. The first-order valence-corrected chi connectivity index (χ1v) is 12.1. The molecule has 184 valence electrons. The summed E-state index contributed by atoms with van der Waals surface area (Å²) < 4.78 is 63.0. The highest BCUT2D eigenvalue weighted by atomic mass is 31.2. The molecule has 4 rings (SSSR count). The van der Waals surface area contributed by atoms with Crippen LogP contribution >= 0.6 is 7.60 Å². The van der Waals surface area contributed by atoms with Crippen LogP contribution in [0.3, 0.4) is 0 Å². The monoisotopic (exact) mass is 496 g/mol. The Hall–Kier alpha value is -1.80. The van der Waals surface area contributed by atoms with Gasteiger partial charge in [0.1, 0.15) is 36.1 Å². The van der Waals surface area contributed by atoms with Crippen molar-refractivity contribution in [1.29, 1.82) is 0 Å². The van der Waals surface area contributed by atoms with Crippen molar-refractivity contribution in [3.63, 3.8) is 0 Å². The average molecular weight is 496 g/mol. The van der Waals surface area contributed by atoms with Crippen molar-refractivity contribution in [2.24, 2.45) is 0 Å². The zero-order valence-electron chi connectivity index (χ0n) is 17.2. The molecule has 4 atom stereocenters. The predicted octanol–water partition coefficient (Wildman–Crippen LogP) is 1.58. The number of nitrogens with zero attached hydrogens (tertiary/aromatic N) is 3. The van der Waals surface area contributed by atoms with E-state index in [2.05, 4.69) is 15.3 Å². The van der Waals surface area contributed by atoms with E-state index in [1.807, 2.05) is 0 Å². The Labute approximate surface area is 185 Å². The highest BCUT2D eigenvalue weighted by Gasteiger charge is 2.45. The van der Waals surface area contributed by atoms with Crippen LogP contribution in [0, 0.1) is 0 Å². The van der Waals surface area contributed by atoms with Crippen LogP contribution in [-0.2, 0) is 20.2 Å². The number of nitrogens with one attached hydrogen (secondary N) is 1. The summed E-state index contributed by atoms with van der Waals surface area (Å²) >= 11 is 0. The van der Waals surface area contributed by atoms with Gasteiger partial charge in [-0.15, -0.1) is 0 Å². The molecule has 33 heavy (non-hydrogen) atoms. The second-order valence-electron chi connectivity index (χ2n) is 8.19. The van der Waals surface area contributed by atoms with Gasteiger partial charge in [0.2, 0.25) is 5.82 Å². The lowest BCUT2D eigenvalue weighted by molar-refractivity contribution is -0.144. The predicted molar refractivity (Wildman–Crippen MR) is 107 cm³/mol. The molecule has 2 fully saturated rings. The van der Waals surface area contributed by atoms with Gasteiger partial charge in [-0.05, 0) is 18.9 Å². The van der Waals surface area contributed by atoms with Crippen molar-refractivity contribution >= 4 is 24.4 Å². The smallest absolute Gasteiger partial charge is 0.387 e. The number of aromatic nitrogens is 3. The summed E-state index contributed by atoms with van der Waals surface area (Å²) in [6.07, 6.45) is -6.36. The standard InChI is InChI=1S/C18H24F3N4O7P/c19-18(20,21)17-23-14(22-9-3-1-2-4-9)10-5-6-25(15(10)24-17)16-13(27)12(26)11(32-16)7-31-8-33(28,29)30/h5-6,9,11-13,16,26-27H,1-4,7-8H2,(H,22,23,24)(H2,28,29,30)/t11-,12-,13-,16-/m1/s1. The molecule has 1 saturated heterocycles. The third-order valence-electron chi connectivity index (χ3n) is 5.67. The average Bonchev–Trinajstić information content (AvgIpc) is 3.43. The van der Waals surface area contributed by atoms with Crippen LogP contribution in [0.5, 0.6) is 0 Å². The molecule has 0 unspecified atom stereocenters. The fraction of sp³-hybridized carbons (Fsp3) is 0.667. The molecular formula is C18H24F3N4O7P. The molecule has 1 saturated carbocycles. The zero-order valence-corrected chi connectivity index (χ0v) is 18.1. The van der Waals surface area contributed by atoms with Gasteiger partial charge in [-0.2, -0.15) is 13.2 Å². The minimum absolute atomic E-state index is 0.0155. The largest absolute Gasteiger partial charge is 0.451 e. The summed E-state index contributed by atoms with van der Waals surface area (Å²) in [5.74, 6) is -1.34. The Morgan fingerprint density at radius 1 is 1.21 bits per heavy atom. The van der Waals surface area contributed by atoms with Crippen LogP contribution in [0.25, 0.3) is 11.0 Å². The Bertz CT molecular complexity index is 1040. The van der Waals surface area contributed by atoms with Gasteiger partial charge in [-0.3, -0.25) is 4.57 Å². The number of aliphatic hydroxyl groups is 2. The molecule has 0 amide bonds. The maximum Gasteiger partial charge on any atom is 0.451 e. The molecule has 15 heteroatoms. The van der Waals surface area contributed by atoms with Crippen molar-refractivity contribution in [1.82, 2.24) is 14.5 Å². The molecule has 0 spiro atoms. The third kappa shape index (κ3) is 5.32. The molecule has 5 N–H and O–H groups in total. The van der Waals surface area contributed by atoms with Gasteiger partial charge in [-0.25, -0.2) is 9.97 Å². The third-order valence-corrected chi connectivity index (χ3v) is 6.19. The van der Waals surface area contributed by atoms with E-state index in [0.29, 0.717) is 5.39 Å². The molecule has 1 aliphatic carbocycles. The molecule has 0 bridgehead atoms. The first-order chi connectivity index (χ1) is 15.4. The number of halogens is 3. The molecule has 2 aromatic heterocycles. The molecular weight excluding hydrogens is 472 g/mol. The molecule has 0 radical (unpaired) electrons. The summed E-state index contributed by atoms with van der Waals surface area (Å²) in [6, 6.07) is 1.48. The van der Waals surface area contributed by atoms with Gasteiger partial charge in [0.15, 0.2) is 6.23 Å². The van der Waals surface area contributed by atoms with Crippen molar-refractivity contribution < 1.29 is 47.2 Å². The van der Waals surface area contributed by atoms with E-state index >= 15 is 0 Å². The number of hydrogen-bond donors (Lipinski definition) is 5. The summed E-state index contributed by atoms with van der Waals surface area (Å²) in [7, 11) is -4.45. The molecule has 0 aromatic carbocycles. The topological polar surface area (TPSA) is 159 Å². The highest BCUT2D eigenvalue weighted by molar-refractivity contribution is 7.51. The van der Waals surface area contributed by atoms with Gasteiger partial charge in [0, 0.05) is 12.2 Å². The Kier molecular flexibility index (Phi) is 6.71. The van der Waals surface area contributed by atoms with Crippen LogP contribution in [0.2, 0.25) is 0 Å². The normalized spacial score (nSPS) is 27.0. The molecule has 2 aromatic rings. The fourth-order valence-corrected chi connectivity index (χ4v) is 4.47. The number of anilines is 1. The summed E-state index contributed by atoms with van der Waals surface area (Å²) in [4.78, 5) is 25.1. The number of ether oxygens (including phenoxy) is 2. The van der Waals surface area contributed by atoms with E-state index in [1.165, 1.54) is 16.8 Å². The quantitative estimate of drug-likeness (QED) is 0.356. The van der Waals surface area contributed by atoms with Gasteiger partial charge in [0.25, 0.3) is 0 Å². The van der Waals surface area contributed by atoms with Gasteiger partial charge >= 0.3 is 13.8 Å². The number of fused-ring (bicyclic) bond motifs is 1. The number of hydrogen-bond acceptors (Lipinski definition) is 8. The summed E-state index contributed by atoms with van der Waals surface area (Å²) in [5, 5.41) is 24.1. The van der Waals surface area contributed by atoms with E-state index in [1.54, 1.807) is 0 Å². The van der Waals surface area contributed by atoms with E-state index < -0.39 is 57.1 Å². The lowest BCUT2D eigenvalue weighted by Crippen LogP contribution is -2.34. The van der Waals surface area contributed by atoms with E-state index in [-0.39, 0.29) is 17.5 Å². The molecule has 2 aliphatic rings. The van der Waals surface area contributed by atoms with Crippen LogP contribution in [0.4, 0.5) is 19.0 Å². The maximum absolute atomic E-state index is 13.5. The van der Waals surface area contributed by atoms with Crippen LogP contribution in [0.1, 0.15) is 37.7 Å². The summed E-state index contributed by atoms with van der Waals surface area (Å²) in [6.45, 7) is -0.448. The minimum Gasteiger partial charge on any atom is -0.387 e. The zero-order chi connectivity index (χ0) is 24.0. The minimum atomic E-state index is -4.82. The van der Waals surface area contributed by atoms with E-state index in [0.717, 1.165) is 25.7 Å². The fourth-order valence-electron chi connectivity index (χ4n) is 4.12. The molecule has 3 heterocycles. The van der Waals surface area contributed by atoms with Crippen molar-refractivity contribution in [3.8, 4) is 0 Å². The van der Waals surface area contributed by atoms with Crippen LogP contribution in [-0.4, -0.2) is 71.8 Å². The van der Waals surface area contributed by atoms with Crippen molar-refractivity contribution in [2.75, 3.05) is 18.3 Å². The van der Waals surface area contributed by atoms with Gasteiger partial charge in [0.05, 0.1) is 12.0 Å². The maximum atomic E-state index is 13.5. The lowest BCUT2D eigenvalue weighted by Gasteiger charge is -2.19. The number of aliphatic hydroxyl groups excluding tert-OH is 2. The Morgan fingerprint density at radius 3 is 2.55 bits per heavy atom. The second kappa shape index (κ2) is 9.10. The Morgan fingerprint density at radius 2 is 1.91 bits per heavy atom. The van der Waals surface area contributed by atoms with Crippen LogP contribution < -0.4 is 5.32 Å². The first-order valence-electron chi connectivity index (χ1n) is 10.3. The molecule has 11 nitrogen and oxygen atoms in total. The highest BCUT2D eigenvalue weighted by Crippen LogP contribution is 2.38. The van der Waals surface area contributed by atoms with Gasteiger partial charge in [-0.1, -0.05) is 12.8 Å². The SMILES string of the molecule is O=P(O)(O)COC[C@H]1O[C@@H](n2ccc3c(NC4CCCC4)nc(C(F)(F)F)nc32)[C@H](O)[C@@H]1O. The lowest BCUT2D eigenvalue weighted by atomic mass is 10.1. The van der Waals surface area contributed by atoms with Gasteiger partial charge < -0.3 is 39.4 Å². The van der Waals surface area contributed by atoms with E-state index in [4.69, 9.17) is 19.3 Å². The van der Waals surface area contributed by atoms with Crippen molar-refractivity contribution in [3.05, 3.63) is 18.1 Å². The van der Waals surface area contributed by atoms with Crippen LogP contribution in [0.15, 0.2) is 12.3 Å². The van der Waals surface area contributed by atoms with E-state index in [9.17, 15) is 27.9 Å².